The highest BCUT2D eigenvalue weighted by Crippen LogP contribution is 2.27. The van der Waals surface area contributed by atoms with Crippen molar-refractivity contribution >= 4 is 17.5 Å². The highest BCUT2D eigenvalue weighted by Gasteiger charge is 2.25. The minimum atomic E-state index is -0.427. The molecule has 6 heteroatoms. The molecule has 1 aliphatic rings. The summed E-state index contributed by atoms with van der Waals surface area (Å²) in [7, 11) is 0. The summed E-state index contributed by atoms with van der Waals surface area (Å²) in [5.41, 5.74) is 1.27. The largest absolute Gasteiger partial charge is 0.379 e. The van der Waals surface area contributed by atoms with Crippen molar-refractivity contribution in [2.45, 2.75) is 6.04 Å². The van der Waals surface area contributed by atoms with Gasteiger partial charge in [-0.1, -0.05) is 35.9 Å². The van der Waals surface area contributed by atoms with Crippen molar-refractivity contribution in [3.63, 3.8) is 0 Å². The number of halogens is 2. The third-order valence-corrected chi connectivity index (χ3v) is 4.64. The lowest BCUT2D eigenvalue weighted by Crippen LogP contribution is -2.44. The number of nitrogens with zero attached hydrogens (tertiary/aromatic N) is 1. The monoisotopic (exact) mass is 362 g/mol. The van der Waals surface area contributed by atoms with Crippen LogP contribution in [0.5, 0.6) is 0 Å². The summed E-state index contributed by atoms with van der Waals surface area (Å²) in [4.78, 5) is 14.6. The number of morpholine rings is 1. The van der Waals surface area contributed by atoms with Crippen LogP contribution in [0.15, 0.2) is 48.5 Å². The average molecular weight is 363 g/mol. The van der Waals surface area contributed by atoms with Crippen LogP contribution in [0, 0.1) is 5.82 Å². The first-order chi connectivity index (χ1) is 12.1. The molecule has 3 rings (SSSR count). The van der Waals surface area contributed by atoms with E-state index in [0.717, 1.165) is 18.7 Å². The topological polar surface area (TPSA) is 41.6 Å². The first kappa shape index (κ1) is 17.9. The van der Waals surface area contributed by atoms with Gasteiger partial charge in [0.05, 0.1) is 19.3 Å². The molecule has 1 aliphatic heterocycles. The smallest absolute Gasteiger partial charge is 0.251 e. The second kappa shape index (κ2) is 8.43. The van der Waals surface area contributed by atoms with Gasteiger partial charge in [0.1, 0.15) is 5.82 Å². The molecular formula is C19H20ClFN2O2. The number of carbonyl (C=O) groups excluding carboxylic acids is 1. The maximum absolute atomic E-state index is 13.3. The quantitative estimate of drug-likeness (QED) is 0.887. The molecule has 4 nitrogen and oxygen atoms in total. The van der Waals surface area contributed by atoms with E-state index < -0.39 is 5.82 Å². The highest BCUT2D eigenvalue weighted by molar-refractivity contribution is 6.31. The zero-order valence-corrected chi connectivity index (χ0v) is 14.5. The van der Waals surface area contributed by atoms with Gasteiger partial charge in [-0.05, 0) is 29.8 Å². The van der Waals surface area contributed by atoms with E-state index in [1.807, 2.05) is 24.3 Å². The molecule has 2 aromatic rings. The zero-order valence-electron chi connectivity index (χ0n) is 13.8. The standard InChI is InChI=1S/C19H20ClFN2O2/c20-17-7-2-1-6-16(17)18(23-8-10-25-11-9-23)13-22-19(24)14-4-3-5-15(21)12-14/h1-7,12,18H,8-11,13H2,(H,22,24). The predicted octanol–water partition coefficient (Wildman–Crippen LogP) is 3.28. The second-order valence-electron chi connectivity index (χ2n) is 5.91. The number of ether oxygens (including phenoxy) is 1. The van der Waals surface area contributed by atoms with Crippen molar-refractivity contribution in [2.75, 3.05) is 32.8 Å². The molecule has 1 N–H and O–H groups in total. The molecule has 0 saturated carbocycles. The molecule has 1 heterocycles. The molecule has 0 aliphatic carbocycles. The lowest BCUT2D eigenvalue weighted by Gasteiger charge is -2.35. The van der Waals surface area contributed by atoms with Crippen LogP contribution in [0.4, 0.5) is 4.39 Å². The number of nitrogens with one attached hydrogen (secondary N) is 1. The van der Waals surface area contributed by atoms with E-state index in [1.165, 1.54) is 18.2 Å². The minimum Gasteiger partial charge on any atom is -0.379 e. The SMILES string of the molecule is O=C(NCC(c1ccccc1Cl)N1CCOCC1)c1cccc(F)c1. The van der Waals surface area contributed by atoms with E-state index in [0.29, 0.717) is 30.3 Å². The van der Waals surface area contributed by atoms with Crippen molar-refractivity contribution in [3.05, 3.63) is 70.5 Å². The van der Waals surface area contributed by atoms with E-state index in [4.69, 9.17) is 16.3 Å². The number of rotatable bonds is 5. The van der Waals surface area contributed by atoms with E-state index in [2.05, 4.69) is 10.2 Å². The van der Waals surface area contributed by atoms with Crippen LogP contribution >= 0.6 is 11.6 Å². The van der Waals surface area contributed by atoms with Crippen LogP contribution in [0.2, 0.25) is 5.02 Å². The van der Waals surface area contributed by atoms with E-state index >= 15 is 0 Å². The van der Waals surface area contributed by atoms with Crippen LogP contribution in [0.25, 0.3) is 0 Å². The maximum atomic E-state index is 13.3. The van der Waals surface area contributed by atoms with Gasteiger partial charge in [0.15, 0.2) is 0 Å². The molecule has 0 spiro atoms. The fourth-order valence-corrected chi connectivity index (χ4v) is 3.25. The zero-order chi connectivity index (χ0) is 17.6. The fourth-order valence-electron chi connectivity index (χ4n) is 2.99. The van der Waals surface area contributed by atoms with Gasteiger partial charge >= 0.3 is 0 Å². The molecule has 1 atom stereocenters. The number of hydrogen-bond acceptors (Lipinski definition) is 3. The Hall–Kier alpha value is -1.95. The molecule has 1 amide bonds. The summed E-state index contributed by atoms with van der Waals surface area (Å²) >= 11 is 6.37. The third-order valence-electron chi connectivity index (χ3n) is 4.29. The van der Waals surface area contributed by atoms with Gasteiger partial charge in [0.2, 0.25) is 0 Å². The predicted molar refractivity (Wildman–Crippen MR) is 95.3 cm³/mol. The summed E-state index contributed by atoms with van der Waals surface area (Å²) in [6, 6.07) is 13.2. The van der Waals surface area contributed by atoms with Crippen LogP contribution in [-0.4, -0.2) is 43.7 Å². The van der Waals surface area contributed by atoms with Gasteiger partial charge in [-0.3, -0.25) is 9.69 Å². The number of carbonyl (C=O) groups is 1. The van der Waals surface area contributed by atoms with Crippen LogP contribution in [0.1, 0.15) is 22.0 Å². The van der Waals surface area contributed by atoms with E-state index in [1.54, 1.807) is 6.07 Å². The first-order valence-corrected chi connectivity index (χ1v) is 8.63. The molecule has 1 unspecified atom stereocenters. The normalized spacial score (nSPS) is 16.4. The molecule has 1 fully saturated rings. The van der Waals surface area contributed by atoms with Crippen LogP contribution in [-0.2, 0) is 4.74 Å². The number of amides is 1. The highest BCUT2D eigenvalue weighted by atomic mass is 35.5. The summed E-state index contributed by atoms with van der Waals surface area (Å²) in [6.07, 6.45) is 0. The molecule has 0 bridgehead atoms. The molecule has 1 saturated heterocycles. The summed E-state index contributed by atoms with van der Waals surface area (Å²) in [5.74, 6) is -0.728. The second-order valence-corrected chi connectivity index (χ2v) is 6.31. The number of hydrogen-bond donors (Lipinski definition) is 1. The third kappa shape index (κ3) is 4.57. The van der Waals surface area contributed by atoms with Gasteiger partial charge in [-0.25, -0.2) is 4.39 Å². The maximum Gasteiger partial charge on any atom is 0.251 e. The van der Waals surface area contributed by atoms with Gasteiger partial charge in [-0.2, -0.15) is 0 Å². The van der Waals surface area contributed by atoms with E-state index in [9.17, 15) is 9.18 Å². The van der Waals surface area contributed by atoms with Crippen LogP contribution < -0.4 is 5.32 Å². The Bertz CT molecular complexity index is 735. The molecule has 0 radical (unpaired) electrons. The van der Waals surface area contributed by atoms with Crippen molar-refractivity contribution in [3.8, 4) is 0 Å². The Balaban J connectivity index is 1.75. The summed E-state index contributed by atoms with van der Waals surface area (Å²) < 4.78 is 18.7. The Labute approximate surface area is 151 Å². The lowest BCUT2D eigenvalue weighted by atomic mass is 10.0. The molecule has 25 heavy (non-hydrogen) atoms. The minimum absolute atomic E-state index is 0.0601. The Morgan fingerprint density at radius 3 is 2.68 bits per heavy atom. The van der Waals surface area contributed by atoms with E-state index in [-0.39, 0.29) is 11.9 Å². The van der Waals surface area contributed by atoms with Gasteiger partial charge in [0.25, 0.3) is 5.91 Å². The molecule has 0 aromatic heterocycles. The lowest BCUT2D eigenvalue weighted by molar-refractivity contribution is 0.0162. The van der Waals surface area contributed by atoms with Crippen molar-refractivity contribution in [1.82, 2.24) is 10.2 Å². The average Bonchev–Trinajstić information content (AvgIpc) is 2.64. The van der Waals surface area contributed by atoms with Crippen molar-refractivity contribution < 1.29 is 13.9 Å². The fraction of sp³-hybridized carbons (Fsp3) is 0.316. The molecule has 132 valence electrons. The van der Waals surface area contributed by atoms with Crippen LogP contribution in [0.3, 0.4) is 0 Å². The molecular weight excluding hydrogens is 343 g/mol. The summed E-state index contributed by atoms with van der Waals surface area (Å²) in [6.45, 7) is 3.23. The van der Waals surface area contributed by atoms with Gasteiger partial charge in [0, 0.05) is 30.2 Å². The summed E-state index contributed by atoms with van der Waals surface area (Å²) in [5, 5.41) is 3.57. The Morgan fingerprint density at radius 1 is 1.20 bits per heavy atom. The molecule has 2 aromatic carbocycles. The van der Waals surface area contributed by atoms with Crippen molar-refractivity contribution in [1.29, 1.82) is 0 Å². The Kier molecular flexibility index (Phi) is 6.02. The van der Waals surface area contributed by atoms with Crippen molar-refractivity contribution in [2.24, 2.45) is 0 Å². The Morgan fingerprint density at radius 2 is 1.96 bits per heavy atom. The first-order valence-electron chi connectivity index (χ1n) is 8.25. The number of benzene rings is 2. The van der Waals surface area contributed by atoms with Gasteiger partial charge < -0.3 is 10.1 Å². The van der Waals surface area contributed by atoms with Gasteiger partial charge in [-0.15, -0.1) is 0 Å².